The lowest BCUT2D eigenvalue weighted by atomic mass is 10.1. The van der Waals surface area contributed by atoms with Gasteiger partial charge in [0.2, 0.25) is 0 Å². The molecular weight excluding hydrogens is 240 g/mol. The van der Waals surface area contributed by atoms with Gasteiger partial charge >= 0.3 is 0 Å². The maximum atomic E-state index is 9.94. The van der Waals surface area contributed by atoms with Gasteiger partial charge in [0.05, 0.1) is 13.2 Å². The summed E-state index contributed by atoms with van der Waals surface area (Å²) in [4.78, 5) is 2.40. The van der Waals surface area contributed by atoms with Crippen molar-refractivity contribution in [3.8, 4) is 5.75 Å². The van der Waals surface area contributed by atoms with Crippen LogP contribution >= 0.6 is 0 Å². The number of phenols is 1. The molecule has 1 unspecified atom stereocenters. The largest absolute Gasteiger partial charge is 0.508 e. The summed E-state index contributed by atoms with van der Waals surface area (Å²) < 4.78 is 5.33. The molecule has 0 bridgehead atoms. The van der Waals surface area contributed by atoms with Crippen molar-refractivity contribution in [1.29, 1.82) is 0 Å². The first kappa shape index (κ1) is 14.3. The Morgan fingerprint density at radius 3 is 2.79 bits per heavy atom. The third-order valence-electron chi connectivity index (χ3n) is 3.63. The quantitative estimate of drug-likeness (QED) is 0.849. The van der Waals surface area contributed by atoms with Crippen LogP contribution in [0.2, 0.25) is 0 Å². The van der Waals surface area contributed by atoms with Gasteiger partial charge < -0.3 is 15.2 Å². The lowest BCUT2D eigenvalue weighted by molar-refractivity contribution is 0.0382. The molecule has 1 aromatic carbocycles. The van der Waals surface area contributed by atoms with Crippen LogP contribution in [0.25, 0.3) is 0 Å². The van der Waals surface area contributed by atoms with Crippen LogP contribution in [0.3, 0.4) is 0 Å². The number of ether oxygens (including phenoxy) is 1. The zero-order chi connectivity index (χ0) is 13.7. The summed E-state index contributed by atoms with van der Waals surface area (Å²) in [5, 5.41) is 13.4. The first-order chi connectivity index (χ1) is 9.16. The standard InChI is InChI=1S/C15H24N2O2/c1-12-3-4-14(15(18)11-12)13(2)16-5-6-17-7-9-19-10-8-17/h3-4,11,13,16,18H,5-10H2,1-2H3. The van der Waals surface area contributed by atoms with Crippen LogP contribution in [-0.4, -0.2) is 49.4 Å². The average Bonchev–Trinajstić information content (AvgIpc) is 2.39. The van der Waals surface area contributed by atoms with E-state index >= 15 is 0 Å². The van der Waals surface area contributed by atoms with Crippen molar-refractivity contribution < 1.29 is 9.84 Å². The summed E-state index contributed by atoms with van der Waals surface area (Å²) in [5.74, 6) is 0.381. The molecule has 1 aromatic rings. The molecule has 1 atom stereocenters. The molecule has 1 saturated heterocycles. The van der Waals surface area contributed by atoms with Crippen molar-refractivity contribution in [1.82, 2.24) is 10.2 Å². The first-order valence-electron chi connectivity index (χ1n) is 7.00. The molecule has 0 aliphatic carbocycles. The molecule has 19 heavy (non-hydrogen) atoms. The number of hydrogen-bond acceptors (Lipinski definition) is 4. The van der Waals surface area contributed by atoms with E-state index in [0.717, 1.165) is 50.5 Å². The van der Waals surface area contributed by atoms with Crippen LogP contribution in [0.5, 0.6) is 5.75 Å². The summed E-state index contributed by atoms with van der Waals surface area (Å²) in [5.41, 5.74) is 2.05. The minimum Gasteiger partial charge on any atom is -0.508 e. The van der Waals surface area contributed by atoms with Gasteiger partial charge in [0.1, 0.15) is 5.75 Å². The zero-order valence-electron chi connectivity index (χ0n) is 11.9. The smallest absolute Gasteiger partial charge is 0.120 e. The molecule has 0 spiro atoms. The van der Waals surface area contributed by atoms with Crippen molar-refractivity contribution >= 4 is 0 Å². The van der Waals surface area contributed by atoms with Gasteiger partial charge in [0.15, 0.2) is 0 Å². The van der Waals surface area contributed by atoms with Crippen molar-refractivity contribution in [2.24, 2.45) is 0 Å². The van der Waals surface area contributed by atoms with Gasteiger partial charge in [-0.3, -0.25) is 4.90 Å². The summed E-state index contributed by atoms with van der Waals surface area (Å²) in [6.45, 7) is 9.75. The van der Waals surface area contributed by atoms with E-state index in [-0.39, 0.29) is 6.04 Å². The van der Waals surface area contributed by atoms with E-state index in [2.05, 4.69) is 17.1 Å². The van der Waals surface area contributed by atoms with Crippen LogP contribution in [0.15, 0.2) is 18.2 Å². The second-order valence-corrected chi connectivity index (χ2v) is 5.19. The minimum absolute atomic E-state index is 0.168. The van der Waals surface area contributed by atoms with Gasteiger partial charge in [-0.05, 0) is 25.5 Å². The third kappa shape index (κ3) is 4.20. The zero-order valence-corrected chi connectivity index (χ0v) is 11.9. The van der Waals surface area contributed by atoms with Gasteiger partial charge in [0.25, 0.3) is 0 Å². The Hall–Kier alpha value is -1.10. The van der Waals surface area contributed by atoms with Crippen LogP contribution in [-0.2, 0) is 4.74 Å². The molecule has 4 heteroatoms. The van der Waals surface area contributed by atoms with E-state index in [1.54, 1.807) is 0 Å². The maximum Gasteiger partial charge on any atom is 0.120 e. The second kappa shape index (κ2) is 6.89. The lowest BCUT2D eigenvalue weighted by Crippen LogP contribution is -2.40. The Morgan fingerprint density at radius 2 is 2.11 bits per heavy atom. The maximum absolute atomic E-state index is 9.94. The van der Waals surface area contributed by atoms with Crippen molar-refractivity contribution in [3.05, 3.63) is 29.3 Å². The Morgan fingerprint density at radius 1 is 1.37 bits per heavy atom. The molecule has 106 valence electrons. The molecule has 1 aliphatic heterocycles. The van der Waals surface area contributed by atoms with Gasteiger partial charge in [-0.2, -0.15) is 0 Å². The van der Waals surface area contributed by atoms with Gasteiger partial charge in [-0.1, -0.05) is 12.1 Å². The monoisotopic (exact) mass is 264 g/mol. The van der Waals surface area contributed by atoms with Crippen LogP contribution in [0, 0.1) is 6.92 Å². The number of hydrogen-bond donors (Lipinski definition) is 2. The van der Waals surface area contributed by atoms with Crippen molar-refractivity contribution in [2.75, 3.05) is 39.4 Å². The van der Waals surface area contributed by atoms with Gasteiger partial charge in [0, 0.05) is 37.8 Å². The normalized spacial score (nSPS) is 18.4. The minimum atomic E-state index is 0.168. The lowest BCUT2D eigenvalue weighted by Gasteiger charge is -2.27. The van der Waals surface area contributed by atoms with Crippen LogP contribution < -0.4 is 5.32 Å². The summed E-state index contributed by atoms with van der Waals surface area (Å²) in [6, 6.07) is 6.02. The number of benzene rings is 1. The third-order valence-corrected chi connectivity index (χ3v) is 3.63. The highest BCUT2D eigenvalue weighted by Crippen LogP contribution is 2.24. The fraction of sp³-hybridized carbons (Fsp3) is 0.600. The fourth-order valence-corrected chi connectivity index (χ4v) is 2.39. The molecule has 0 saturated carbocycles. The SMILES string of the molecule is Cc1ccc(C(C)NCCN2CCOCC2)c(O)c1. The molecule has 2 N–H and O–H groups in total. The van der Waals surface area contributed by atoms with Crippen molar-refractivity contribution in [2.45, 2.75) is 19.9 Å². The molecule has 2 rings (SSSR count). The van der Waals surface area contributed by atoms with E-state index in [1.807, 2.05) is 25.1 Å². The van der Waals surface area contributed by atoms with Gasteiger partial charge in [-0.15, -0.1) is 0 Å². The van der Waals surface area contributed by atoms with Crippen molar-refractivity contribution in [3.63, 3.8) is 0 Å². The number of aryl methyl sites for hydroxylation is 1. The van der Waals surface area contributed by atoms with Gasteiger partial charge in [-0.25, -0.2) is 0 Å². The number of aromatic hydroxyl groups is 1. The van der Waals surface area contributed by atoms with E-state index in [9.17, 15) is 5.11 Å². The fourth-order valence-electron chi connectivity index (χ4n) is 2.39. The Kier molecular flexibility index (Phi) is 5.19. The van der Waals surface area contributed by atoms with E-state index in [0.29, 0.717) is 5.75 Å². The second-order valence-electron chi connectivity index (χ2n) is 5.19. The molecule has 0 radical (unpaired) electrons. The predicted octanol–water partition coefficient (Wildman–Crippen LogP) is 1.68. The molecule has 4 nitrogen and oxygen atoms in total. The summed E-state index contributed by atoms with van der Waals surface area (Å²) in [7, 11) is 0. The number of rotatable bonds is 5. The molecule has 1 aliphatic rings. The molecule has 0 amide bonds. The van der Waals surface area contributed by atoms with E-state index in [4.69, 9.17) is 4.74 Å². The first-order valence-corrected chi connectivity index (χ1v) is 7.00. The predicted molar refractivity (Wildman–Crippen MR) is 76.5 cm³/mol. The molecule has 0 aromatic heterocycles. The summed E-state index contributed by atoms with van der Waals surface area (Å²) >= 11 is 0. The topological polar surface area (TPSA) is 44.7 Å². The van der Waals surface area contributed by atoms with Crippen LogP contribution in [0.4, 0.5) is 0 Å². The van der Waals surface area contributed by atoms with E-state index < -0.39 is 0 Å². The Labute approximate surface area is 115 Å². The number of nitrogens with zero attached hydrogens (tertiary/aromatic N) is 1. The molecule has 1 heterocycles. The molecular formula is C15H24N2O2. The highest BCUT2D eigenvalue weighted by molar-refractivity contribution is 5.37. The van der Waals surface area contributed by atoms with E-state index in [1.165, 1.54) is 0 Å². The number of morpholine rings is 1. The average molecular weight is 264 g/mol. The Balaban J connectivity index is 1.78. The number of phenolic OH excluding ortho intramolecular Hbond substituents is 1. The highest BCUT2D eigenvalue weighted by atomic mass is 16.5. The summed E-state index contributed by atoms with van der Waals surface area (Å²) in [6.07, 6.45) is 0. The van der Waals surface area contributed by atoms with Crippen LogP contribution in [0.1, 0.15) is 24.1 Å². The number of nitrogens with one attached hydrogen (secondary N) is 1. The Bertz CT molecular complexity index is 403. The highest BCUT2D eigenvalue weighted by Gasteiger charge is 2.12. The molecule has 1 fully saturated rings.